The standard InChI is InChI=1S/C14H20N7/c1-4-7-20-8-5-12(6-9-20)13-17-18-14(16-15)21(19-13)10-11(2)3/h5-6,8-10H,4,7,15H2,1-3H3/q+1/b16-14-. The van der Waals surface area contributed by atoms with Crippen LogP contribution in [0, 0.1) is 0 Å². The van der Waals surface area contributed by atoms with Crippen LogP contribution in [0.3, 0.4) is 0 Å². The Kier molecular flexibility index (Phi) is 4.76. The predicted octanol–water partition coefficient (Wildman–Crippen LogP) is 0.693. The number of hydrogen-bond donors (Lipinski definition) is 1. The molecule has 0 bridgehead atoms. The molecule has 0 saturated heterocycles. The number of pyridine rings is 1. The van der Waals surface area contributed by atoms with Gasteiger partial charge in [0.2, 0.25) is 5.82 Å². The number of nitrogens with zero attached hydrogens (tertiary/aromatic N) is 6. The van der Waals surface area contributed by atoms with E-state index in [1.807, 2.05) is 44.6 Å². The van der Waals surface area contributed by atoms with Gasteiger partial charge in [0.05, 0.1) is 0 Å². The first-order valence-corrected chi connectivity index (χ1v) is 6.86. The molecule has 0 spiro atoms. The molecule has 0 aliphatic carbocycles. The zero-order valence-electron chi connectivity index (χ0n) is 12.6. The van der Waals surface area contributed by atoms with Gasteiger partial charge in [-0.3, -0.25) is 0 Å². The van der Waals surface area contributed by atoms with Crippen molar-refractivity contribution in [3.05, 3.63) is 35.7 Å². The third-order valence-corrected chi connectivity index (χ3v) is 2.77. The lowest BCUT2D eigenvalue weighted by Crippen LogP contribution is -2.32. The van der Waals surface area contributed by atoms with Crippen molar-refractivity contribution in [2.45, 2.75) is 33.7 Å². The van der Waals surface area contributed by atoms with Gasteiger partial charge in [0.15, 0.2) is 12.4 Å². The number of hydrogen-bond acceptors (Lipinski definition) is 5. The lowest BCUT2D eigenvalue weighted by molar-refractivity contribution is -0.696. The zero-order valence-corrected chi connectivity index (χ0v) is 12.6. The van der Waals surface area contributed by atoms with Gasteiger partial charge in [-0.2, -0.15) is 0 Å². The zero-order chi connectivity index (χ0) is 15.2. The van der Waals surface area contributed by atoms with Crippen molar-refractivity contribution >= 4 is 6.20 Å². The van der Waals surface area contributed by atoms with Gasteiger partial charge < -0.3 is 5.84 Å². The summed E-state index contributed by atoms with van der Waals surface area (Å²) in [5.41, 5.74) is 2.22. The van der Waals surface area contributed by atoms with Crippen molar-refractivity contribution in [1.29, 1.82) is 0 Å². The molecule has 0 aliphatic rings. The molecule has 2 aromatic heterocycles. The highest BCUT2D eigenvalue weighted by Crippen LogP contribution is 2.09. The normalized spacial score (nSPS) is 11.5. The summed E-state index contributed by atoms with van der Waals surface area (Å²) < 4.78 is 3.65. The molecule has 0 unspecified atom stereocenters. The van der Waals surface area contributed by atoms with Gasteiger partial charge in [-0.1, -0.05) is 12.5 Å². The van der Waals surface area contributed by atoms with Crippen molar-refractivity contribution in [1.82, 2.24) is 20.0 Å². The topological polar surface area (TPSA) is 85.9 Å². The minimum atomic E-state index is 0.261. The number of aromatic nitrogens is 5. The third-order valence-electron chi connectivity index (χ3n) is 2.77. The molecule has 0 aromatic carbocycles. The van der Waals surface area contributed by atoms with Crippen LogP contribution in [-0.4, -0.2) is 20.0 Å². The molecular formula is C14H20N7+. The van der Waals surface area contributed by atoms with Crippen LogP contribution < -0.4 is 16.0 Å². The van der Waals surface area contributed by atoms with E-state index in [0.717, 1.165) is 24.1 Å². The molecule has 0 fully saturated rings. The lowest BCUT2D eigenvalue weighted by Gasteiger charge is -2.03. The number of nitrogens with two attached hydrogens (primary N) is 1. The fourth-order valence-electron chi connectivity index (χ4n) is 1.85. The highest BCUT2D eigenvalue weighted by molar-refractivity contribution is 5.51. The Morgan fingerprint density at radius 3 is 2.62 bits per heavy atom. The second kappa shape index (κ2) is 6.74. The van der Waals surface area contributed by atoms with Crippen LogP contribution in [0.5, 0.6) is 0 Å². The van der Waals surface area contributed by atoms with Crippen LogP contribution in [0.4, 0.5) is 0 Å². The van der Waals surface area contributed by atoms with Gasteiger partial charge >= 0.3 is 0 Å². The Morgan fingerprint density at radius 2 is 2.05 bits per heavy atom. The van der Waals surface area contributed by atoms with E-state index in [0.29, 0.717) is 5.82 Å². The minimum absolute atomic E-state index is 0.261. The number of rotatable bonds is 4. The Bertz CT molecular complexity index is 694. The highest BCUT2D eigenvalue weighted by atomic mass is 15.4. The summed E-state index contributed by atoms with van der Waals surface area (Å²) in [6.07, 6.45) is 6.92. The maximum Gasteiger partial charge on any atom is 0.286 e. The predicted molar refractivity (Wildman–Crippen MR) is 79.1 cm³/mol. The molecule has 110 valence electrons. The monoisotopic (exact) mass is 286 g/mol. The molecule has 0 atom stereocenters. The molecule has 2 heterocycles. The minimum Gasteiger partial charge on any atom is -0.320 e. The van der Waals surface area contributed by atoms with Gasteiger partial charge in [0.25, 0.3) is 5.62 Å². The Labute approximate surface area is 123 Å². The van der Waals surface area contributed by atoms with Gasteiger partial charge in [-0.25, -0.2) is 9.25 Å². The van der Waals surface area contributed by atoms with Crippen LogP contribution in [0.15, 0.2) is 35.2 Å². The fraction of sp³-hybridized carbons (Fsp3) is 0.357. The maximum absolute atomic E-state index is 5.30. The summed E-state index contributed by atoms with van der Waals surface area (Å²) in [5.74, 6) is 5.83. The van der Waals surface area contributed by atoms with Crippen LogP contribution in [0.25, 0.3) is 17.6 Å². The van der Waals surface area contributed by atoms with Crippen molar-refractivity contribution in [2.75, 3.05) is 0 Å². The lowest BCUT2D eigenvalue weighted by atomic mass is 10.2. The Balaban J connectivity index is 2.42. The van der Waals surface area contributed by atoms with Crippen LogP contribution in [0.1, 0.15) is 27.2 Å². The van der Waals surface area contributed by atoms with E-state index in [9.17, 15) is 0 Å². The first-order valence-electron chi connectivity index (χ1n) is 6.86. The van der Waals surface area contributed by atoms with E-state index in [1.54, 1.807) is 0 Å². The van der Waals surface area contributed by atoms with E-state index < -0.39 is 0 Å². The smallest absolute Gasteiger partial charge is 0.286 e. The quantitative estimate of drug-likeness (QED) is 0.509. The maximum atomic E-state index is 5.30. The van der Waals surface area contributed by atoms with E-state index in [1.165, 1.54) is 4.68 Å². The molecule has 2 aromatic rings. The van der Waals surface area contributed by atoms with Gasteiger partial charge in [-0.05, 0) is 13.8 Å². The molecular weight excluding hydrogens is 266 g/mol. The summed E-state index contributed by atoms with van der Waals surface area (Å²) in [4.78, 5) is 0. The summed E-state index contributed by atoms with van der Waals surface area (Å²) in [6, 6.07) is 3.94. The molecule has 0 aliphatic heterocycles. The van der Waals surface area contributed by atoms with Crippen molar-refractivity contribution in [3.63, 3.8) is 0 Å². The molecule has 0 radical (unpaired) electrons. The van der Waals surface area contributed by atoms with Crippen LogP contribution in [0.2, 0.25) is 0 Å². The molecule has 2 N–H and O–H groups in total. The van der Waals surface area contributed by atoms with Gasteiger partial charge in [-0.15, -0.1) is 20.4 Å². The van der Waals surface area contributed by atoms with Crippen molar-refractivity contribution < 1.29 is 4.57 Å². The number of allylic oxidation sites excluding steroid dienone is 1. The first kappa shape index (κ1) is 14.8. The van der Waals surface area contributed by atoms with Gasteiger partial charge in [0.1, 0.15) is 6.54 Å². The average Bonchev–Trinajstić information content (AvgIpc) is 2.48. The van der Waals surface area contributed by atoms with E-state index >= 15 is 0 Å². The summed E-state index contributed by atoms with van der Waals surface area (Å²) in [5, 5.41) is 16.1. The molecule has 0 saturated carbocycles. The molecule has 7 heteroatoms. The molecule has 0 amide bonds. The van der Waals surface area contributed by atoms with Crippen LogP contribution >= 0.6 is 0 Å². The Hall–Kier alpha value is -2.57. The fourth-order valence-corrected chi connectivity index (χ4v) is 1.85. The SMILES string of the molecule is CCC[n+]1ccc(-c2nn/c(=N/N)n(C=C(C)C)n2)cc1. The largest absolute Gasteiger partial charge is 0.320 e. The summed E-state index contributed by atoms with van der Waals surface area (Å²) in [7, 11) is 0. The molecule has 21 heavy (non-hydrogen) atoms. The van der Waals surface area contributed by atoms with E-state index in [4.69, 9.17) is 5.84 Å². The summed E-state index contributed by atoms with van der Waals surface area (Å²) >= 11 is 0. The first-order chi connectivity index (χ1) is 10.1. The summed E-state index contributed by atoms with van der Waals surface area (Å²) in [6.45, 7) is 7.06. The highest BCUT2D eigenvalue weighted by Gasteiger charge is 2.07. The third kappa shape index (κ3) is 3.71. The van der Waals surface area contributed by atoms with Crippen molar-refractivity contribution in [2.24, 2.45) is 10.9 Å². The molecule has 7 nitrogen and oxygen atoms in total. The van der Waals surface area contributed by atoms with Crippen molar-refractivity contribution in [3.8, 4) is 11.4 Å². The second-order valence-electron chi connectivity index (χ2n) is 4.93. The Morgan fingerprint density at radius 1 is 1.33 bits per heavy atom. The number of aryl methyl sites for hydroxylation is 1. The van der Waals surface area contributed by atoms with E-state index in [-0.39, 0.29) is 5.62 Å². The van der Waals surface area contributed by atoms with Crippen LogP contribution in [-0.2, 0) is 6.54 Å². The molecule has 2 rings (SSSR count). The average molecular weight is 286 g/mol. The van der Waals surface area contributed by atoms with E-state index in [2.05, 4.69) is 31.9 Å². The van der Waals surface area contributed by atoms with Gasteiger partial charge in [0, 0.05) is 30.3 Å². The second-order valence-corrected chi connectivity index (χ2v) is 4.93.